The van der Waals surface area contributed by atoms with Crippen LogP contribution in [-0.4, -0.2) is 5.25 Å². The van der Waals surface area contributed by atoms with Crippen molar-refractivity contribution in [2.24, 2.45) is 0 Å². The summed E-state index contributed by atoms with van der Waals surface area (Å²) < 4.78 is 12.9. The van der Waals surface area contributed by atoms with Crippen molar-refractivity contribution in [2.45, 2.75) is 34.6 Å². The number of nitrogens with one attached hydrogen (secondary N) is 3. The third-order valence-electron chi connectivity index (χ3n) is 10.8. The van der Waals surface area contributed by atoms with Crippen LogP contribution < -0.4 is 16.0 Å². The van der Waals surface area contributed by atoms with Gasteiger partial charge in [-0.1, -0.05) is 127 Å². The van der Waals surface area contributed by atoms with Crippen molar-refractivity contribution >= 4 is 55.6 Å². The molecule has 5 nitrogen and oxygen atoms in total. The van der Waals surface area contributed by atoms with Gasteiger partial charge in [-0.2, -0.15) is 0 Å². The molecule has 2 aliphatic heterocycles. The average Bonchev–Trinajstić information content (AvgIpc) is 3.88. The first kappa shape index (κ1) is 29.4. The van der Waals surface area contributed by atoms with Crippen LogP contribution in [-0.2, 0) is 0 Å². The highest BCUT2D eigenvalue weighted by Gasteiger charge is 2.34. The lowest BCUT2D eigenvalue weighted by Crippen LogP contribution is -2.54. The van der Waals surface area contributed by atoms with Gasteiger partial charge in [-0.05, 0) is 57.6 Å². The SMILES string of the molecule is C1=CC2Sc3c(-c4cccc5oc6cc(C7NC(c8ccccc8)NC(c8ccc9c(c8)oc8ccccc89)N7)ccc6c45)cccc3C2C=C1. The smallest absolute Gasteiger partial charge is 0.136 e. The zero-order valence-corrected chi connectivity index (χ0v) is 28.4. The Morgan fingerprint density at radius 2 is 1.10 bits per heavy atom. The van der Waals surface area contributed by atoms with Crippen molar-refractivity contribution < 1.29 is 8.83 Å². The van der Waals surface area contributed by atoms with Gasteiger partial charge in [-0.15, -0.1) is 11.8 Å². The molecule has 3 aliphatic rings. The molecule has 0 radical (unpaired) electrons. The standard InChI is InChI=1S/C45H33N3O2S/c1-2-10-26(11-3-1)43-46-44(27-20-22-30-29-12-4-6-17-36(29)49-38(30)24-27)48-45(47-43)28-21-23-35-39(25-28)50-37-18-9-14-32(41(35)37)34-16-8-15-33-31-13-5-7-19-40(31)51-42(33)34/h1-25,31,40,43-48H. The number of hydrogen-bond acceptors (Lipinski definition) is 6. The molecule has 51 heavy (non-hydrogen) atoms. The quantitative estimate of drug-likeness (QED) is 0.172. The predicted octanol–water partition coefficient (Wildman–Crippen LogP) is 11.0. The molecule has 5 unspecified atom stereocenters. The lowest BCUT2D eigenvalue weighted by molar-refractivity contribution is 0.203. The minimum absolute atomic E-state index is 0.0853. The highest BCUT2D eigenvalue weighted by molar-refractivity contribution is 8.00. The molecule has 0 spiro atoms. The van der Waals surface area contributed by atoms with E-state index < -0.39 is 0 Å². The van der Waals surface area contributed by atoms with Crippen molar-refractivity contribution in [3.63, 3.8) is 0 Å². The third kappa shape index (κ3) is 4.75. The molecule has 4 heterocycles. The van der Waals surface area contributed by atoms with Gasteiger partial charge in [-0.3, -0.25) is 16.0 Å². The van der Waals surface area contributed by atoms with Gasteiger partial charge in [-0.25, -0.2) is 0 Å². The van der Waals surface area contributed by atoms with E-state index in [4.69, 9.17) is 8.83 Å². The van der Waals surface area contributed by atoms with Crippen molar-refractivity contribution in [2.75, 3.05) is 0 Å². The molecule has 8 aromatic rings. The van der Waals surface area contributed by atoms with Gasteiger partial charge in [0.05, 0.1) is 18.5 Å². The van der Waals surface area contributed by atoms with Crippen LogP contribution in [0.1, 0.15) is 46.7 Å². The van der Waals surface area contributed by atoms with Crippen molar-refractivity contribution in [3.05, 3.63) is 174 Å². The van der Waals surface area contributed by atoms with Crippen LogP contribution in [0.4, 0.5) is 0 Å². The van der Waals surface area contributed by atoms with E-state index in [1.807, 2.05) is 23.9 Å². The maximum absolute atomic E-state index is 6.65. The zero-order valence-electron chi connectivity index (χ0n) is 27.5. The molecule has 2 aromatic heterocycles. The van der Waals surface area contributed by atoms with E-state index >= 15 is 0 Å². The summed E-state index contributed by atoms with van der Waals surface area (Å²) in [6, 6.07) is 45.2. The van der Waals surface area contributed by atoms with Crippen molar-refractivity contribution in [1.82, 2.24) is 16.0 Å². The zero-order chi connectivity index (χ0) is 33.5. The fraction of sp³-hybridized carbons (Fsp3) is 0.111. The Morgan fingerprint density at radius 3 is 1.94 bits per heavy atom. The molecule has 0 saturated carbocycles. The summed E-state index contributed by atoms with van der Waals surface area (Å²) in [7, 11) is 0. The number of para-hydroxylation sites is 1. The molecule has 0 amide bonds. The Labute approximate surface area is 299 Å². The summed E-state index contributed by atoms with van der Waals surface area (Å²) in [6.45, 7) is 0. The molecule has 246 valence electrons. The number of rotatable bonds is 4. The molecule has 6 aromatic carbocycles. The highest BCUT2D eigenvalue weighted by Crippen LogP contribution is 2.53. The number of benzene rings is 6. The van der Waals surface area contributed by atoms with Gasteiger partial charge in [0, 0.05) is 37.6 Å². The van der Waals surface area contributed by atoms with E-state index in [1.54, 1.807) is 0 Å². The molecule has 3 N–H and O–H groups in total. The van der Waals surface area contributed by atoms with Crippen LogP contribution in [0.15, 0.2) is 165 Å². The topological polar surface area (TPSA) is 62.4 Å². The number of furan rings is 2. The van der Waals surface area contributed by atoms with Crippen molar-refractivity contribution in [3.8, 4) is 11.1 Å². The first-order valence-electron chi connectivity index (χ1n) is 17.6. The average molecular weight is 680 g/mol. The summed E-state index contributed by atoms with van der Waals surface area (Å²) in [5.41, 5.74) is 10.9. The molecule has 6 heteroatoms. The summed E-state index contributed by atoms with van der Waals surface area (Å²) in [6.07, 6.45) is 8.67. The summed E-state index contributed by atoms with van der Waals surface area (Å²) >= 11 is 1.98. The molecule has 0 bridgehead atoms. The largest absolute Gasteiger partial charge is 0.456 e. The lowest BCUT2D eigenvalue weighted by atomic mass is 9.89. The summed E-state index contributed by atoms with van der Waals surface area (Å²) in [4.78, 5) is 1.38. The van der Waals surface area contributed by atoms with E-state index in [0.29, 0.717) is 11.2 Å². The monoisotopic (exact) mass is 679 g/mol. The van der Waals surface area contributed by atoms with Crippen LogP contribution in [0.5, 0.6) is 0 Å². The van der Waals surface area contributed by atoms with Gasteiger partial charge in [0.25, 0.3) is 0 Å². The minimum Gasteiger partial charge on any atom is -0.456 e. The second kappa shape index (κ2) is 11.6. The fourth-order valence-corrected chi connectivity index (χ4v) is 9.78. The number of thioether (sulfide) groups is 1. The predicted molar refractivity (Wildman–Crippen MR) is 208 cm³/mol. The van der Waals surface area contributed by atoms with E-state index in [0.717, 1.165) is 49.6 Å². The van der Waals surface area contributed by atoms with Crippen LogP contribution in [0.25, 0.3) is 55.0 Å². The third-order valence-corrected chi connectivity index (χ3v) is 12.2. The van der Waals surface area contributed by atoms with Gasteiger partial charge < -0.3 is 8.83 Å². The number of allylic oxidation sites excluding steroid dienone is 3. The maximum Gasteiger partial charge on any atom is 0.136 e. The number of hydrogen-bond donors (Lipinski definition) is 3. The number of fused-ring (bicyclic) bond motifs is 9. The molecule has 1 aliphatic carbocycles. The van der Waals surface area contributed by atoms with Crippen LogP contribution in [0.3, 0.4) is 0 Å². The Bertz CT molecular complexity index is 2710. The van der Waals surface area contributed by atoms with Crippen LogP contribution in [0, 0.1) is 0 Å². The van der Waals surface area contributed by atoms with E-state index in [2.05, 4.69) is 156 Å². The van der Waals surface area contributed by atoms with E-state index in [9.17, 15) is 0 Å². The Hall–Kier alpha value is -5.37. The Morgan fingerprint density at radius 1 is 0.471 bits per heavy atom. The minimum atomic E-state index is -0.150. The lowest BCUT2D eigenvalue weighted by Gasteiger charge is -2.39. The second-order valence-electron chi connectivity index (χ2n) is 13.7. The van der Waals surface area contributed by atoms with Crippen LogP contribution in [0.2, 0.25) is 0 Å². The van der Waals surface area contributed by atoms with E-state index in [1.165, 1.54) is 32.5 Å². The molecular formula is C45H33N3O2S. The fourth-order valence-electron chi connectivity index (χ4n) is 8.31. The van der Waals surface area contributed by atoms with Crippen molar-refractivity contribution in [1.29, 1.82) is 0 Å². The molecular weight excluding hydrogens is 647 g/mol. The van der Waals surface area contributed by atoms with E-state index in [-0.39, 0.29) is 18.5 Å². The van der Waals surface area contributed by atoms with Crippen LogP contribution >= 0.6 is 11.8 Å². The summed E-state index contributed by atoms with van der Waals surface area (Å²) in [5.74, 6) is 0.423. The maximum atomic E-state index is 6.65. The molecule has 11 rings (SSSR count). The Kier molecular flexibility index (Phi) is 6.67. The van der Waals surface area contributed by atoms with Gasteiger partial charge in [0.15, 0.2) is 0 Å². The van der Waals surface area contributed by atoms with Gasteiger partial charge >= 0.3 is 0 Å². The highest BCUT2D eigenvalue weighted by atomic mass is 32.2. The molecule has 1 fully saturated rings. The first-order chi connectivity index (χ1) is 25.2. The summed E-state index contributed by atoms with van der Waals surface area (Å²) in [5, 5.41) is 16.5. The Balaban J connectivity index is 0.985. The second-order valence-corrected chi connectivity index (χ2v) is 14.9. The first-order valence-corrected chi connectivity index (χ1v) is 18.5. The normalized spacial score (nSPS) is 22.6. The molecule has 5 atom stereocenters. The van der Waals surface area contributed by atoms with Gasteiger partial charge in [0.2, 0.25) is 0 Å². The van der Waals surface area contributed by atoms with Gasteiger partial charge in [0.1, 0.15) is 22.3 Å². The molecule has 1 saturated heterocycles.